The highest BCUT2D eigenvalue weighted by Gasteiger charge is 2.26. The van der Waals surface area contributed by atoms with Crippen LogP contribution in [0.25, 0.3) is 21.1 Å². The van der Waals surface area contributed by atoms with Crippen LogP contribution in [0.15, 0.2) is 47.3 Å². The molecule has 26 heavy (non-hydrogen) atoms. The molecule has 0 fully saturated rings. The maximum absolute atomic E-state index is 12.8. The second kappa shape index (κ2) is 5.40. The van der Waals surface area contributed by atoms with Crippen molar-refractivity contribution in [2.45, 2.75) is 13.0 Å². The first-order chi connectivity index (χ1) is 12.6. The van der Waals surface area contributed by atoms with Crippen molar-refractivity contribution in [1.29, 1.82) is 0 Å². The molecule has 4 aromatic rings. The van der Waals surface area contributed by atoms with Crippen molar-refractivity contribution >= 4 is 43.5 Å². The zero-order valence-electron chi connectivity index (χ0n) is 13.5. The smallest absolute Gasteiger partial charge is 0.267 e. The predicted octanol–water partition coefficient (Wildman–Crippen LogP) is 3.13. The van der Waals surface area contributed by atoms with Gasteiger partial charge in [-0.15, -0.1) is 0 Å². The first-order valence-corrected chi connectivity index (χ1v) is 8.99. The van der Waals surface area contributed by atoms with Gasteiger partial charge in [-0.1, -0.05) is 35.6 Å². The van der Waals surface area contributed by atoms with Gasteiger partial charge >= 0.3 is 0 Å². The monoisotopic (exact) mass is 363 g/mol. The highest BCUT2D eigenvalue weighted by molar-refractivity contribution is 7.22. The lowest BCUT2D eigenvalue weighted by atomic mass is 10.1. The van der Waals surface area contributed by atoms with Crippen molar-refractivity contribution in [3.63, 3.8) is 0 Å². The highest BCUT2D eigenvalue weighted by atomic mass is 32.1. The van der Waals surface area contributed by atoms with Crippen LogP contribution >= 0.6 is 11.3 Å². The number of rotatable bonds is 2. The van der Waals surface area contributed by atoms with Crippen LogP contribution in [0, 0.1) is 0 Å². The summed E-state index contributed by atoms with van der Waals surface area (Å²) in [6.45, 7) is 0.510. The Morgan fingerprint density at radius 3 is 2.88 bits per heavy atom. The Kier molecular flexibility index (Phi) is 3.14. The molecule has 6 nitrogen and oxygen atoms in total. The van der Waals surface area contributed by atoms with Gasteiger partial charge in [-0.3, -0.25) is 14.9 Å². The molecule has 0 unspecified atom stereocenters. The minimum atomic E-state index is -0.644. The molecule has 2 aromatic heterocycles. The molecule has 128 valence electrons. The number of fused-ring (bicyclic) bond motifs is 1. The zero-order valence-corrected chi connectivity index (χ0v) is 14.3. The zero-order chi connectivity index (χ0) is 17.8. The summed E-state index contributed by atoms with van der Waals surface area (Å²) in [4.78, 5) is 29.9. The number of carbonyl (C=O) groups excluding carboxylic acids is 1. The first-order valence-electron chi connectivity index (χ1n) is 8.18. The fourth-order valence-corrected chi connectivity index (χ4v) is 4.37. The Morgan fingerprint density at radius 2 is 2.04 bits per heavy atom. The van der Waals surface area contributed by atoms with Gasteiger partial charge in [0, 0.05) is 11.9 Å². The first kappa shape index (κ1) is 15.1. The minimum absolute atomic E-state index is 0.240. The third-order valence-electron chi connectivity index (χ3n) is 4.69. The molecular weight excluding hydrogens is 350 g/mol. The van der Waals surface area contributed by atoms with Gasteiger partial charge in [0.05, 0.1) is 15.7 Å². The molecule has 0 bridgehead atoms. The fraction of sp³-hybridized carbons (Fsp3) is 0.105. The van der Waals surface area contributed by atoms with Crippen LogP contribution < -0.4 is 10.9 Å². The second-order valence-electron chi connectivity index (χ2n) is 6.18. The van der Waals surface area contributed by atoms with E-state index >= 15 is 0 Å². The lowest BCUT2D eigenvalue weighted by molar-refractivity contribution is 0.102. The van der Waals surface area contributed by atoms with Gasteiger partial charge in [-0.05, 0) is 30.2 Å². The summed E-state index contributed by atoms with van der Waals surface area (Å²) >= 11 is 1.32. The van der Waals surface area contributed by atoms with Crippen molar-refractivity contribution in [1.82, 2.24) is 9.55 Å². The topological polar surface area (TPSA) is 84.2 Å². The van der Waals surface area contributed by atoms with E-state index in [1.807, 2.05) is 36.4 Å². The van der Waals surface area contributed by atoms with Gasteiger partial charge in [0.2, 0.25) is 0 Å². The van der Waals surface area contributed by atoms with Crippen molar-refractivity contribution in [2.24, 2.45) is 0 Å². The summed E-state index contributed by atoms with van der Waals surface area (Å²) in [6, 6.07) is 13.0. The van der Waals surface area contributed by atoms with Crippen LogP contribution in [0.3, 0.4) is 0 Å². The van der Waals surface area contributed by atoms with E-state index in [9.17, 15) is 14.7 Å². The maximum Gasteiger partial charge on any atom is 0.267 e. The SMILES string of the molecule is O=C(Nc1nc2ccccc2s1)c1c(O)c2cccc3c2n(c1=O)CC3. The van der Waals surface area contributed by atoms with Crippen molar-refractivity contribution in [3.05, 3.63) is 63.9 Å². The van der Waals surface area contributed by atoms with Gasteiger partial charge in [0.1, 0.15) is 11.3 Å². The molecule has 7 heteroatoms. The molecule has 2 aromatic carbocycles. The van der Waals surface area contributed by atoms with Gasteiger partial charge in [-0.25, -0.2) is 4.98 Å². The minimum Gasteiger partial charge on any atom is -0.506 e. The van der Waals surface area contributed by atoms with E-state index in [1.54, 1.807) is 10.6 Å². The van der Waals surface area contributed by atoms with Crippen molar-refractivity contribution in [3.8, 4) is 5.75 Å². The summed E-state index contributed by atoms with van der Waals surface area (Å²) in [6.07, 6.45) is 0.717. The Morgan fingerprint density at radius 1 is 1.19 bits per heavy atom. The molecule has 1 amide bonds. The van der Waals surface area contributed by atoms with Gasteiger partial charge in [0.25, 0.3) is 11.5 Å². The molecule has 1 aliphatic heterocycles. The van der Waals surface area contributed by atoms with E-state index < -0.39 is 11.5 Å². The number of anilines is 1. The number of para-hydroxylation sites is 2. The standard InChI is InChI=1S/C19H13N3O3S/c23-16-11-5-3-4-10-8-9-22(15(10)11)18(25)14(16)17(24)21-19-20-12-6-1-2-7-13(12)26-19/h1-7,23H,8-9H2,(H,20,21,24). The summed E-state index contributed by atoms with van der Waals surface area (Å²) < 4.78 is 2.50. The van der Waals surface area contributed by atoms with Crippen LogP contribution in [-0.2, 0) is 13.0 Å². The molecular formula is C19H13N3O3S. The third kappa shape index (κ3) is 2.07. The Labute approximate surface area is 151 Å². The molecule has 5 rings (SSSR count). The molecule has 0 atom stereocenters. The number of benzene rings is 2. The Bertz CT molecular complexity index is 1240. The molecule has 3 heterocycles. The quantitative estimate of drug-likeness (QED) is 0.573. The average molecular weight is 363 g/mol. The van der Waals surface area contributed by atoms with E-state index in [-0.39, 0.29) is 11.3 Å². The van der Waals surface area contributed by atoms with Crippen LogP contribution in [-0.4, -0.2) is 20.6 Å². The lowest BCUT2D eigenvalue weighted by Crippen LogP contribution is -2.28. The van der Waals surface area contributed by atoms with Gasteiger partial charge in [-0.2, -0.15) is 0 Å². The number of hydrogen-bond acceptors (Lipinski definition) is 5. The molecule has 0 saturated carbocycles. The average Bonchev–Trinajstić information content (AvgIpc) is 3.24. The highest BCUT2D eigenvalue weighted by Crippen LogP contribution is 2.33. The van der Waals surface area contributed by atoms with E-state index in [0.717, 1.165) is 22.2 Å². The number of aromatic nitrogens is 2. The fourth-order valence-electron chi connectivity index (χ4n) is 3.51. The van der Waals surface area contributed by atoms with Crippen molar-refractivity contribution < 1.29 is 9.90 Å². The summed E-state index contributed by atoms with van der Waals surface area (Å²) in [5, 5.41) is 14.2. The molecule has 0 radical (unpaired) electrons. The number of hydrogen-bond donors (Lipinski definition) is 2. The number of aryl methyl sites for hydroxylation is 2. The lowest BCUT2D eigenvalue weighted by Gasteiger charge is -2.10. The number of aromatic hydroxyl groups is 1. The molecule has 0 spiro atoms. The number of carbonyl (C=O) groups is 1. The normalized spacial score (nSPS) is 12.8. The molecule has 2 N–H and O–H groups in total. The summed E-state index contributed by atoms with van der Waals surface area (Å²) in [7, 11) is 0. The molecule has 1 aliphatic rings. The van der Waals surface area contributed by atoms with Crippen LogP contribution in [0.4, 0.5) is 5.13 Å². The number of nitrogens with one attached hydrogen (secondary N) is 1. The number of amides is 1. The van der Waals surface area contributed by atoms with E-state index in [1.165, 1.54) is 11.3 Å². The largest absolute Gasteiger partial charge is 0.506 e. The van der Waals surface area contributed by atoms with Gasteiger partial charge in [0.15, 0.2) is 5.13 Å². The van der Waals surface area contributed by atoms with E-state index in [0.29, 0.717) is 22.6 Å². The van der Waals surface area contributed by atoms with Crippen LogP contribution in [0.5, 0.6) is 5.75 Å². The summed E-state index contributed by atoms with van der Waals surface area (Å²) in [5.41, 5.74) is 1.78. The van der Waals surface area contributed by atoms with E-state index in [2.05, 4.69) is 10.3 Å². The molecule has 0 saturated heterocycles. The molecule has 0 aliphatic carbocycles. The number of pyridine rings is 1. The summed E-state index contributed by atoms with van der Waals surface area (Å²) in [5.74, 6) is -0.918. The third-order valence-corrected chi connectivity index (χ3v) is 5.64. The van der Waals surface area contributed by atoms with Crippen LogP contribution in [0.2, 0.25) is 0 Å². The maximum atomic E-state index is 12.8. The number of thiazole rings is 1. The predicted molar refractivity (Wildman–Crippen MR) is 101 cm³/mol. The second-order valence-corrected chi connectivity index (χ2v) is 7.22. The Balaban J connectivity index is 1.63. The van der Waals surface area contributed by atoms with Gasteiger partial charge < -0.3 is 9.67 Å². The Hall–Kier alpha value is -3.19. The van der Waals surface area contributed by atoms with Crippen molar-refractivity contribution in [2.75, 3.05) is 5.32 Å². The number of nitrogens with zero attached hydrogens (tertiary/aromatic N) is 2. The van der Waals surface area contributed by atoms with E-state index in [4.69, 9.17) is 0 Å². The van der Waals surface area contributed by atoms with Crippen LogP contribution in [0.1, 0.15) is 15.9 Å².